The first-order valence-electron chi connectivity index (χ1n) is 18.7. The number of hydrogen-bond donors (Lipinski definition) is 0. The molecule has 0 saturated carbocycles. The van der Waals surface area contributed by atoms with E-state index in [1.54, 1.807) is 0 Å². The van der Waals surface area contributed by atoms with Crippen molar-refractivity contribution < 1.29 is 4.42 Å². The highest BCUT2D eigenvalue weighted by atomic mass is 32.1. The lowest BCUT2D eigenvalue weighted by molar-refractivity contribution is 0.669. The van der Waals surface area contributed by atoms with Gasteiger partial charge in [-0.25, -0.2) is 0 Å². The third-order valence-electron chi connectivity index (χ3n) is 10.8. The zero-order valence-electron chi connectivity index (χ0n) is 29.8. The first kappa shape index (κ1) is 31.6. The van der Waals surface area contributed by atoms with Crippen molar-refractivity contribution in [2.45, 2.75) is 0 Å². The molecule has 2 aromatic heterocycles. The molecule has 0 aliphatic heterocycles. The van der Waals surface area contributed by atoms with Crippen LogP contribution in [-0.2, 0) is 0 Å². The van der Waals surface area contributed by atoms with Crippen molar-refractivity contribution in [1.82, 2.24) is 0 Å². The van der Waals surface area contributed by atoms with Crippen LogP contribution in [0.15, 0.2) is 205 Å². The molecule has 0 aliphatic carbocycles. The summed E-state index contributed by atoms with van der Waals surface area (Å²) < 4.78 is 9.01. The molecule has 11 rings (SSSR count). The van der Waals surface area contributed by atoms with Gasteiger partial charge in [0.25, 0.3) is 0 Å². The lowest BCUT2D eigenvalue weighted by Crippen LogP contribution is -2.11. The van der Waals surface area contributed by atoms with Gasteiger partial charge in [-0.05, 0) is 105 Å². The maximum absolute atomic E-state index is 6.36. The standard InChI is InChI=1S/C52H33NOS/c1-3-12-34(13-4-1)45-30-38(39-25-29-49-46(32-39)47-31-36-14-7-8-15-37(36)33-50(47)54-49)24-28-48(45)53(40-16-5-2-6-17-40)41-26-22-35(23-27-41)42-19-11-20-44-43-18-9-10-21-51(43)55-52(42)44/h1-33H. The number of furan rings is 1. The highest BCUT2D eigenvalue weighted by Crippen LogP contribution is 2.45. The van der Waals surface area contributed by atoms with Gasteiger partial charge in [0.2, 0.25) is 0 Å². The fourth-order valence-electron chi connectivity index (χ4n) is 8.17. The molecule has 0 fully saturated rings. The van der Waals surface area contributed by atoms with Crippen LogP contribution < -0.4 is 4.90 Å². The van der Waals surface area contributed by atoms with E-state index in [1.165, 1.54) is 42.1 Å². The summed E-state index contributed by atoms with van der Waals surface area (Å²) in [5, 5.41) is 7.29. The van der Waals surface area contributed by atoms with Crippen molar-refractivity contribution in [3.63, 3.8) is 0 Å². The Morgan fingerprint density at radius 1 is 0.364 bits per heavy atom. The van der Waals surface area contributed by atoms with E-state index in [1.807, 2.05) is 11.3 Å². The minimum Gasteiger partial charge on any atom is -0.456 e. The number of nitrogens with zero attached hydrogens (tertiary/aromatic N) is 1. The Bertz CT molecular complexity index is 3190. The Labute approximate surface area is 322 Å². The molecule has 258 valence electrons. The van der Waals surface area contributed by atoms with Crippen molar-refractivity contribution in [3.05, 3.63) is 200 Å². The molecule has 11 aromatic rings. The van der Waals surface area contributed by atoms with Gasteiger partial charge in [-0.15, -0.1) is 11.3 Å². The number of para-hydroxylation sites is 1. The second-order valence-electron chi connectivity index (χ2n) is 14.1. The summed E-state index contributed by atoms with van der Waals surface area (Å²) in [6.45, 7) is 0. The van der Waals surface area contributed by atoms with E-state index in [-0.39, 0.29) is 0 Å². The van der Waals surface area contributed by atoms with E-state index >= 15 is 0 Å². The minimum absolute atomic E-state index is 0.899. The number of benzene rings is 9. The second kappa shape index (κ2) is 12.9. The average molecular weight is 720 g/mol. The first-order valence-corrected chi connectivity index (χ1v) is 19.5. The van der Waals surface area contributed by atoms with E-state index in [9.17, 15) is 0 Å². The van der Waals surface area contributed by atoms with Crippen LogP contribution in [0.3, 0.4) is 0 Å². The molecule has 0 aliphatic rings. The van der Waals surface area contributed by atoms with E-state index in [4.69, 9.17) is 4.42 Å². The highest BCUT2D eigenvalue weighted by Gasteiger charge is 2.20. The molecule has 0 bridgehead atoms. The zero-order chi connectivity index (χ0) is 36.3. The monoisotopic (exact) mass is 719 g/mol. The largest absolute Gasteiger partial charge is 0.456 e. The summed E-state index contributed by atoms with van der Waals surface area (Å²) in [5.41, 5.74) is 12.2. The Balaban J connectivity index is 1.05. The van der Waals surface area contributed by atoms with Gasteiger partial charge < -0.3 is 9.32 Å². The molecule has 3 heteroatoms. The van der Waals surface area contributed by atoms with Crippen LogP contribution in [0.4, 0.5) is 17.1 Å². The molecular weight excluding hydrogens is 687 g/mol. The number of thiophene rings is 1. The molecule has 0 N–H and O–H groups in total. The van der Waals surface area contributed by atoms with Crippen LogP contribution in [0.5, 0.6) is 0 Å². The van der Waals surface area contributed by atoms with Gasteiger partial charge in [0, 0.05) is 47.9 Å². The van der Waals surface area contributed by atoms with Crippen LogP contribution in [0.1, 0.15) is 0 Å². The Morgan fingerprint density at radius 3 is 1.82 bits per heavy atom. The van der Waals surface area contributed by atoms with Gasteiger partial charge in [-0.3, -0.25) is 0 Å². The van der Waals surface area contributed by atoms with Gasteiger partial charge in [0.05, 0.1) is 5.69 Å². The average Bonchev–Trinajstić information content (AvgIpc) is 3.81. The maximum Gasteiger partial charge on any atom is 0.136 e. The molecule has 0 radical (unpaired) electrons. The minimum atomic E-state index is 0.899. The zero-order valence-corrected chi connectivity index (χ0v) is 30.6. The molecular formula is C52H33NOS. The molecule has 0 unspecified atom stereocenters. The Hall–Kier alpha value is -6.94. The SMILES string of the molecule is c1ccc(-c2cc(-c3ccc4oc5cc6ccccc6cc5c4c3)ccc2N(c2ccccc2)c2ccc(-c3cccc4c3sc3ccccc34)cc2)cc1. The molecule has 0 saturated heterocycles. The molecule has 0 atom stereocenters. The Kier molecular flexibility index (Phi) is 7.39. The predicted octanol–water partition coefficient (Wildman–Crippen LogP) is 15.6. The molecule has 0 spiro atoms. The third kappa shape index (κ3) is 5.40. The lowest BCUT2D eigenvalue weighted by atomic mass is 9.95. The van der Waals surface area contributed by atoms with Crippen LogP contribution in [-0.4, -0.2) is 0 Å². The van der Waals surface area contributed by atoms with Crippen molar-refractivity contribution >= 4 is 81.3 Å². The summed E-state index contributed by atoms with van der Waals surface area (Å²) in [6, 6.07) is 72.2. The number of rotatable bonds is 6. The van der Waals surface area contributed by atoms with Crippen LogP contribution >= 0.6 is 11.3 Å². The lowest BCUT2D eigenvalue weighted by Gasteiger charge is -2.28. The third-order valence-corrected chi connectivity index (χ3v) is 12.1. The van der Waals surface area contributed by atoms with E-state index < -0.39 is 0 Å². The maximum atomic E-state index is 6.36. The van der Waals surface area contributed by atoms with Gasteiger partial charge in [0.1, 0.15) is 11.2 Å². The topological polar surface area (TPSA) is 16.4 Å². The van der Waals surface area contributed by atoms with Crippen LogP contribution in [0.2, 0.25) is 0 Å². The molecule has 55 heavy (non-hydrogen) atoms. The predicted molar refractivity (Wildman–Crippen MR) is 235 cm³/mol. The molecule has 2 nitrogen and oxygen atoms in total. The summed E-state index contributed by atoms with van der Waals surface area (Å²) in [6.07, 6.45) is 0. The molecule has 2 heterocycles. The smallest absolute Gasteiger partial charge is 0.136 e. The van der Waals surface area contributed by atoms with E-state index in [0.717, 1.165) is 61.3 Å². The number of anilines is 3. The Morgan fingerprint density at radius 2 is 0.982 bits per heavy atom. The van der Waals surface area contributed by atoms with Crippen molar-refractivity contribution in [1.29, 1.82) is 0 Å². The summed E-state index contributed by atoms with van der Waals surface area (Å²) in [4.78, 5) is 2.38. The van der Waals surface area contributed by atoms with Crippen molar-refractivity contribution in [2.75, 3.05) is 4.90 Å². The summed E-state index contributed by atoms with van der Waals surface area (Å²) in [5.74, 6) is 0. The molecule has 0 amide bonds. The quantitative estimate of drug-likeness (QED) is 0.170. The van der Waals surface area contributed by atoms with Gasteiger partial charge in [-0.1, -0.05) is 133 Å². The fourth-order valence-corrected chi connectivity index (χ4v) is 9.41. The van der Waals surface area contributed by atoms with Crippen LogP contribution in [0.25, 0.3) is 86.3 Å². The molecule has 9 aromatic carbocycles. The van der Waals surface area contributed by atoms with Crippen molar-refractivity contribution in [2.24, 2.45) is 0 Å². The van der Waals surface area contributed by atoms with Crippen LogP contribution in [0, 0.1) is 0 Å². The normalized spacial score (nSPS) is 11.6. The van der Waals surface area contributed by atoms with Gasteiger partial charge >= 0.3 is 0 Å². The number of fused-ring (bicyclic) bond motifs is 7. The van der Waals surface area contributed by atoms with Gasteiger partial charge in [-0.2, -0.15) is 0 Å². The van der Waals surface area contributed by atoms with Crippen molar-refractivity contribution in [3.8, 4) is 33.4 Å². The highest BCUT2D eigenvalue weighted by molar-refractivity contribution is 7.26. The van der Waals surface area contributed by atoms with Gasteiger partial charge in [0.15, 0.2) is 0 Å². The summed E-state index contributed by atoms with van der Waals surface area (Å²) in [7, 11) is 0. The number of hydrogen-bond acceptors (Lipinski definition) is 3. The fraction of sp³-hybridized carbons (Fsp3) is 0. The second-order valence-corrected chi connectivity index (χ2v) is 15.2. The summed E-state index contributed by atoms with van der Waals surface area (Å²) >= 11 is 1.87. The van der Waals surface area contributed by atoms with E-state index in [2.05, 4.69) is 205 Å². The first-order chi connectivity index (χ1) is 27.2. The van der Waals surface area contributed by atoms with E-state index in [0.29, 0.717) is 0 Å².